The van der Waals surface area contributed by atoms with Crippen molar-refractivity contribution in [3.63, 3.8) is 0 Å². The van der Waals surface area contributed by atoms with Crippen LogP contribution in [0.25, 0.3) is 0 Å². The molecule has 0 radical (unpaired) electrons. The zero-order chi connectivity index (χ0) is 14.7. The summed E-state index contributed by atoms with van der Waals surface area (Å²) >= 11 is 0. The maximum atomic E-state index is 12.2. The Morgan fingerprint density at radius 3 is 2.30 bits per heavy atom. The number of hydrogen-bond acceptors (Lipinski definition) is 3. The van der Waals surface area contributed by atoms with Crippen molar-refractivity contribution in [2.24, 2.45) is 0 Å². The molecule has 2 aromatic rings. The number of carbonyl (C=O) groups is 2. The summed E-state index contributed by atoms with van der Waals surface area (Å²) in [5.41, 5.74) is 2.69. The molecule has 0 N–H and O–H groups in total. The van der Waals surface area contributed by atoms with Gasteiger partial charge in [-0.1, -0.05) is 24.3 Å². The van der Waals surface area contributed by atoms with E-state index < -0.39 is 5.97 Å². The predicted molar refractivity (Wildman–Crippen MR) is 77.3 cm³/mol. The van der Waals surface area contributed by atoms with Crippen LogP contribution >= 0.6 is 0 Å². The third kappa shape index (κ3) is 2.94. The number of rotatable bonds is 3. The van der Waals surface area contributed by atoms with Crippen molar-refractivity contribution in [1.29, 1.82) is 0 Å². The molecule has 2 aromatic carbocycles. The van der Waals surface area contributed by atoms with E-state index in [-0.39, 0.29) is 5.78 Å². The van der Waals surface area contributed by atoms with Gasteiger partial charge >= 0.3 is 5.97 Å². The van der Waals surface area contributed by atoms with Gasteiger partial charge in [-0.15, -0.1) is 0 Å². The molecule has 102 valence electrons. The van der Waals surface area contributed by atoms with E-state index in [1.165, 1.54) is 6.92 Å². The number of ether oxygens (including phenoxy) is 1. The molecule has 3 nitrogen and oxygen atoms in total. The molecule has 0 atom stereocenters. The highest BCUT2D eigenvalue weighted by Crippen LogP contribution is 2.22. The number of hydrogen-bond donors (Lipinski definition) is 0. The minimum atomic E-state index is -0.448. The summed E-state index contributed by atoms with van der Waals surface area (Å²) in [6.07, 6.45) is 0. The first kappa shape index (κ1) is 14.0. The minimum absolute atomic E-state index is 0.127. The summed E-state index contributed by atoms with van der Waals surface area (Å²) in [6.45, 7) is 5.18. The maximum Gasteiger partial charge on any atom is 0.343 e. The first-order valence-corrected chi connectivity index (χ1v) is 6.38. The Morgan fingerprint density at radius 1 is 0.950 bits per heavy atom. The van der Waals surface area contributed by atoms with E-state index in [0.29, 0.717) is 16.9 Å². The molecule has 0 aliphatic heterocycles. The van der Waals surface area contributed by atoms with E-state index in [1.54, 1.807) is 24.3 Å². The number of esters is 1. The second kappa shape index (κ2) is 5.70. The lowest BCUT2D eigenvalue weighted by molar-refractivity contribution is 0.0732. The average Bonchev–Trinajstić information content (AvgIpc) is 2.38. The lowest BCUT2D eigenvalue weighted by Crippen LogP contribution is -2.12. The van der Waals surface area contributed by atoms with Gasteiger partial charge in [-0.3, -0.25) is 4.79 Å². The summed E-state index contributed by atoms with van der Waals surface area (Å²) in [4.78, 5) is 23.8. The fourth-order valence-electron chi connectivity index (χ4n) is 1.96. The minimum Gasteiger partial charge on any atom is -0.422 e. The standard InChI is InChI=1S/C17H16O3/c1-11-8-9-15(13(3)18)16(10-11)20-17(19)14-7-5-4-6-12(14)2/h4-10H,1-3H3. The fraction of sp³-hybridized carbons (Fsp3) is 0.176. The molecule has 0 unspecified atom stereocenters. The fourth-order valence-corrected chi connectivity index (χ4v) is 1.96. The third-order valence-corrected chi connectivity index (χ3v) is 3.08. The van der Waals surface area contributed by atoms with Crippen molar-refractivity contribution in [1.82, 2.24) is 0 Å². The monoisotopic (exact) mass is 268 g/mol. The molecule has 3 heteroatoms. The van der Waals surface area contributed by atoms with Crippen LogP contribution < -0.4 is 4.74 Å². The highest BCUT2D eigenvalue weighted by molar-refractivity contribution is 5.99. The molecule has 0 saturated heterocycles. The Balaban J connectivity index is 2.35. The van der Waals surface area contributed by atoms with Crippen molar-refractivity contribution in [2.75, 3.05) is 0 Å². The van der Waals surface area contributed by atoms with Crippen LogP contribution in [0.1, 0.15) is 38.8 Å². The highest BCUT2D eigenvalue weighted by Gasteiger charge is 2.15. The van der Waals surface area contributed by atoms with Crippen LogP contribution in [0.5, 0.6) is 5.75 Å². The Bertz CT molecular complexity index is 672. The second-order valence-corrected chi connectivity index (χ2v) is 4.76. The Labute approximate surface area is 118 Å². The molecule has 0 fully saturated rings. The van der Waals surface area contributed by atoms with E-state index in [4.69, 9.17) is 4.74 Å². The van der Waals surface area contributed by atoms with Crippen molar-refractivity contribution in [3.05, 3.63) is 64.7 Å². The first-order chi connectivity index (χ1) is 9.49. The zero-order valence-corrected chi connectivity index (χ0v) is 11.8. The van der Waals surface area contributed by atoms with Crippen LogP contribution in [0.2, 0.25) is 0 Å². The predicted octanol–water partition coefficient (Wildman–Crippen LogP) is 3.73. The van der Waals surface area contributed by atoms with Gasteiger partial charge in [0.15, 0.2) is 5.78 Å². The van der Waals surface area contributed by atoms with E-state index in [9.17, 15) is 9.59 Å². The number of carbonyl (C=O) groups excluding carboxylic acids is 2. The van der Waals surface area contributed by atoms with Gasteiger partial charge in [0.05, 0.1) is 11.1 Å². The van der Waals surface area contributed by atoms with Gasteiger partial charge in [0.1, 0.15) is 5.75 Å². The number of Topliss-reactive ketones (excluding diaryl/α,β-unsaturated/α-hetero) is 1. The summed E-state index contributed by atoms with van der Waals surface area (Å²) in [6, 6.07) is 12.4. The zero-order valence-electron chi connectivity index (χ0n) is 11.8. The van der Waals surface area contributed by atoms with Crippen LogP contribution in [0, 0.1) is 13.8 Å². The van der Waals surface area contributed by atoms with Crippen molar-refractivity contribution in [3.8, 4) is 5.75 Å². The normalized spacial score (nSPS) is 10.2. The molecule has 0 saturated carbocycles. The van der Waals surface area contributed by atoms with Crippen LogP contribution in [-0.2, 0) is 0 Å². The smallest absolute Gasteiger partial charge is 0.343 e. The molecule has 20 heavy (non-hydrogen) atoms. The number of ketones is 1. The summed E-state index contributed by atoms with van der Waals surface area (Å²) < 4.78 is 5.39. The van der Waals surface area contributed by atoms with Crippen LogP contribution in [0.15, 0.2) is 42.5 Å². The topological polar surface area (TPSA) is 43.4 Å². The quantitative estimate of drug-likeness (QED) is 0.484. The molecule has 0 amide bonds. The molecule has 0 spiro atoms. The van der Waals surface area contributed by atoms with Crippen molar-refractivity contribution < 1.29 is 14.3 Å². The van der Waals surface area contributed by atoms with E-state index in [1.807, 2.05) is 32.0 Å². The Hall–Kier alpha value is -2.42. The summed E-state index contributed by atoms with van der Waals surface area (Å²) in [5, 5.41) is 0. The van der Waals surface area contributed by atoms with Crippen LogP contribution in [-0.4, -0.2) is 11.8 Å². The largest absolute Gasteiger partial charge is 0.422 e. The van der Waals surface area contributed by atoms with Crippen LogP contribution in [0.4, 0.5) is 0 Å². The molecule has 2 rings (SSSR count). The molecule has 0 aliphatic rings. The van der Waals surface area contributed by atoms with E-state index in [2.05, 4.69) is 0 Å². The maximum absolute atomic E-state index is 12.2. The lowest BCUT2D eigenvalue weighted by Gasteiger charge is -2.10. The van der Waals surface area contributed by atoms with Gasteiger partial charge in [-0.25, -0.2) is 4.79 Å². The van der Waals surface area contributed by atoms with E-state index >= 15 is 0 Å². The Kier molecular flexibility index (Phi) is 3.99. The average molecular weight is 268 g/mol. The van der Waals surface area contributed by atoms with Crippen LogP contribution in [0.3, 0.4) is 0 Å². The SMILES string of the molecule is CC(=O)c1ccc(C)cc1OC(=O)c1ccccc1C. The van der Waals surface area contributed by atoms with Gasteiger partial charge in [0.25, 0.3) is 0 Å². The third-order valence-electron chi connectivity index (χ3n) is 3.08. The van der Waals surface area contributed by atoms with Gasteiger partial charge in [-0.05, 0) is 50.1 Å². The highest BCUT2D eigenvalue weighted by atomic mass is 16.5. The van der Waals surface area contributed by atoms with Crippen molar-refractivity contribution in [2.45, 2.75) is 20.8 Å². The lowest BCUT2D eigenvalue weighted by atomic mass is 10.1. The van der Waals surface area contributed by atoms with Gasteiger partial charge in [0.2, 0.25) is 0 Å². The number of aryl methyl sites for hydroxylation is 2. The first-order valence-electron chi connectivity index (χ1n) is 6.38. The summed E-state index contributed by atoms with van der Waals surface area (Å²) in [5.74, 6) is -0.264. The molecule has 0 aromatic heterocycles. The van der Waals surface area contributed by atoms with Crippen molar-refractivity contribution >= 4 is 11.8 Å². The molecular formula is C17H16O3. The summed E-state index contributed by atoms with van der Waals surface area (Å²) in [7, 11) is 0. The molecular weight excluding hydrogens is 252 g/mol. The second-order valence-electron chi connectivity index (χ2n) is 4.76. The molecule has 0 bridgehead atoms. The van der Waals surface area contributed by atoms with Gasteiger partial charge < -0.3 is 4.74 Å². The molecule has 0 heterocycles. The van der Waals surface area contributed by atoms with Gasteiger partial charge in [-0.2, -0.15) is 0 Å². The number of benzene rings is 2. The van der Waals surface area contributed by atoms with Gasteiger partial charge in [0, 0.05) is 0 Å². The molecule has 0 aliphatic carbocycles. The Morgan fingerprint density at radius 2 is 1.65 bits per heavy atom. The van der Waals surface area contributed by atoms with E-state index in [0.717, 1.165) is 11.1 Å².